The van der Waals surface area contributed by atoms with Gasteiger partial charge in [-0.1, -0.05) is 20.8 Å². The summed E-state index contributed by atoms with van der Waals surface area (Å²) in [6, 6.07) is -0.181. The van der Waals surface area contributed by atoms with Crippen LogP contribution in [0.25, 0.3) is 0 Å². The van der Waals surface area contributed by atoms with E-state index in [0.717, 1.165) is 0 Å². The van der Waals surface area contributed by atoms with Gasteiger partial charge in [0.05, 0.1) is 13.0 Å². The third-order valence-electron chi connectivity index (χ3n) is 2.39. The standard InChI is InChI=1S/C12H25NO3/c1-6-15-8-9(2)16-11(14)7-10(13)12(3,4)5/h9-10H,6-8,13H2,1-5H3. The fourth-order valence-corrected chi connectivity index (χ4v) is 1.08. The summed E-state index contributed by atoms with van der Waals surface area (Å²) in [7, 11) is 0. The van der Waals surface area contributed by atoms with E-state index in [9.17, 15) is 4.79 Å². The molecule has 0 radical (unpaired) electrons. The summed E-state index contributed by atoms with van der Waals surface area (Å²) in [6.07, 6.45) is 0.0413. The van der Waals surface area contributed by atoms with Crippen LogP contribution in [0, 0.1) is 5.41 Å². The predicted molar refractivity (Wildman–Crippen MR) is 64.1 cm³/mol. The minimum absolute atomic E-state index is 0.0812. The summed E-state index contributed by atoms with van der Waals surface area (Å²) >= 11 is 0. The highest BCUT2D eigenvalue weighted by Crippen LogP contribution is 2.20. The molecule has 0 rings (SSSR count). The first kappa shape index (κ1) is 15.4. The van der Waals surface area contributed by atoms with E-state index < -0.39 is 0 Å². The molecule has 0 saturated heterocycles. The summed E-state index contributed by atoms with van der Waals surface area (Å²) in [6.45, 7) is 10.8. The van der Waals surface area contributed by atoms with Gasteiger partial charge in [0, 0.05) is 12.6 Å². The molecule has 2 atom stereocenters. The van der Waals surface area contributed by atoms with E-state index in [4.69, 9.17) is 15.2 Å². The highest BCUT2D eigenvalue weighted by atomic mass is 16.6. The predicted octanol–water partition coefficient (Wildman–Crippen LogP) is 1.72. The van der Waals surface area contributed by atoms with Gasteiger partial charge in [-0.3, -0.25) is 4.79 Å². The highest BCUT2D eigenvalue weighted by Gasteiger charge is 2.24. The largest absolute Gasteiger partial charge is 0.460 e. The van der Waals surface area contributed by atoms with Crippen molar-refractivity contribution in [2.24, 2.45) is 11.1 Å². The lowest BCUT2D eigenvalue weighted by molar-refractivity contribution is -0.151. The lowest BCUT2D eigenvalue weighted by atomic mass is 9.85. The third kappa shape index (κ3) is 6.80. The highest BCUT2D eigenvalue weighted by molar-refractivity contribution is 5.70. The van der Waals surface area contributed by atoms with Crippen molar-refractivity contribution >= 4 is 5.97 Å². The van der Waals surface area contributed by atoms with Crippen molar-refractivity contribution in [1.29, 1.82) is 0 Å². The molecular weight excluding hydrogens is 206 g/mol. The van der Waals surface area contributed by atoms with E-state index in [1.54, 1.807) is 0 Å². The number of ether oxygens (including phenoxy) is 2. The van der Waals surface area contributed by atoms with Crippen molar-refractivity contribution in [1.82, 2.24) is 0 Å². The van der Waals surface area contributed by atoms with Gasteiger partial charge in [-0.05, 0) is 19.3 Å². The Morgan fingerprint density at radius 1 is 1.38 bits per heavy atom. The summed E-state index contributed by atoms with van der Waals surface area (Å²) in [5, 5.41) is 0. The van der Waals surface area contributed by atoms with Crippen molar-refractivity contribution < 1.29 is 14.3 Å². The van der Waals surface area contributed by atoms with E-state index in [-0.39, 0.29) is 30.0 Å². The molecule has 0 amide bonds. The van der Waals surface area contributed by atoms with E-state index in [0.29, 0.717) is 13.2 Å². The molecule has 96 valence electrons. The van der Waals surface area contributed by atoms with Crippen LogP contribution in [0.5, 0.6) is 0 Å². The minimum Gasteiger partial charge on any atom is -0.460 e. The first-order valence-corrected chi connectivity index (χ1v) is 5.80. The number of carbonyl (C=O) groups excluding carboxylic acids is 1. The first-order valence-electron chi connectivity index (χ1n) is 5.80. The van der Waals surface area contributed by atoms with Crippen molar-refractivity contribution in [2.45, 2.75) is 53.2 Å². The second-order valence-electron chi connectivity index (χ2n) is 5.14. The molecule has 0 fully saturated rings. The van der Waals surface area contributed by atoms with Crippen LogP contribution in [-0.2, 0) is 14.3 Å². The van der Waals surface area contributed by atoms with Crippen molar-refractivity contribution in [3.63, 3.8) is 0 Å². The molecule has 0 spiro atoms. The average molecular weight is 231 g/mol. The van der Waals surface area contributed by atoms with Crippen molar-refractivity contribution in [3.05, 3.63) is 0 Å². The Kier molecular flexibility index (Phi) is 6.60. The van der Waals surface area contributed by atoms with Gasteiger partial charge < -0.3 is 15.2 Å². The number of carbonyl (C=O) groups is 1. The van der Waals surface area contributed by atoms with Gasteiger partial charge in [0.2, 0.25) is 0 Å². The zero-order chi connectivity index (χ0) is 12.8. The van der Waals surface area contributed by atoms with Crippen molar-refractivity contribution in [2.75, 3.05) is 13.2 Å². The van der Waals surface area contributed by atoms with Gasteiger partial charge in [-0.25, -0.2) is 0 Å². The zero-order valence-corrected chi connectivity index (χ0v) is 11.1. The molecule has 0 aliphatic rings. The maximum atomic E-state index is 11.5. The van der Waals surface area contributed by atoms with Gasteiger partial charge in [0.15, 0.2) is 0 Å². The maximum Gasteiger partial charge on any atom is 0.307 e. The van der Waals surface area contributed by atoms with Crippen LogP contribution >= 0.6 is 0 Å². The lowest BCUT2D eigenvalue weighted by Crippen LogP contribution is -2.38. The van der Waals surface area contributed by atoms with E-state index in [1.807, 2.05) is 34.6 Å². The number of hydrogen-bond acceptors (Lipinski definition) is 4. The molecule has 0 saturated carbocycles. The van der Waals surface area contributed by atoms with E-state index in [2.05, 4.69) is 0 Å². The monoisotopic (exact) mass is 231 g/mol. The van der Waals surface area contributed by atoms with E-state index in [1.165, 1.54) is 0 Å². The molecule has 4 nitrogen and oxygen atoms in total. The topological polar surface area (TPSA) is 61.5 Å². The molecule has 0 aliphatic heterocycles. The minimum atomic E-state index is -0.255. The normalized spacial score (nSPS) is 15.6. The Morgan fingerprint density at radius 3 is 2.38 bits per heavy atom. The molecule has 0 heterocycles. The molecule has 0 aromatic rings. The van der Waals surface area contributed by atoms with Crippen LogP contribution in [0.15, 0.2) is 0 Å². The molecule has 16 heavy (non-hydrogen) atoms. The van der Waals surface area contributed by atoms with Gasteiger partial charge >= 0.3 is 5.97 Å². The van der Waals surface area contributed by atoms with Crippen LogP contribution in [0.1, 0.15) is 41.0 Å². The van der Waals surface area contributed by atoms with Gasteiger partial charge in [-0.15, -0.1) is 0 Å². The van der Waals surface area contributed by atoms with Gasteiger partial charge in [0.1, 0.15) is 6.10 Å². The molecule has 2 N–H and O–H groups in total. The fraction of sp³-hybridized carbons (Fsp3) is 0.917. The molecule has 0 aromatic carbocycles. The molecular formula is C12H25NO3. The Balaban J connectivity index is 3.90. The molecule has 0 aliphatic carbocycles. The second kappa shape index (κ2) is 6.86. The Bertz CT molecular complexity index is 211. The fourth-order valence-electron chi connectivity index (χ4n) is 1.08. The Hall–Kier alpha value is -0.610. The summed E-state index contributed by atoms with van der Waals surface area (Å²) in [5.41, 5.74) is 5.81. The number of hydrogen-bond donors (Lipinski definition) is 1. The maximum absolute atomic E-state index is 11.5. The smallest absolute Gasteiger partial charge is 0.307 e. The summed E-state index contributed by atoms with van der Waals surface area (Å²) in [5.74, 6) is -0.255. The SMILES string of the molecule is CCOCC(C)OC(=O)CC(N)C(C)(C)C. The van der Waals surface area contributed by atoms with Gasteiger partial charge in [-0.2, -0.15) is 0 Å². The number of esters is 1. The quantitative estimate of drug-likeness (QED) is 0.707. The second-order valence-corrected chi connectivity index (χ2v) is 5.14. The lowest BCUT2D eigenvalue weighted by Gasteiger charge is -2.26. The van der Waals surface area contributed by atoms with Crippen LogP contribution in [0.3, 0.4) is 0 Å². The van der Waals surface area contributed by atoms with Crippen LogP contribution in [0.4, 0.5) is 0 Å². The Morgan fingerprint density at radius 2 is 1.94 bits per heavy atom. The Labute approximate surface area is 98.5 Å². The summed E-state index contributed by atoms with van der Waals surface area (Å²) in [4.78, 5) is 11.5. The average Bonchev–Trinajstić information content (AvgIpc) is 2.12. The van der Waals surface area contributed by atoms with Crippen LogP contribution < -0.4 is 5.73 Å². The molecule has 0 aromatic heterocycles. The third-order valence-corrected chi connectivity index (χ3v) is 2.39. The molecule has 0 bridgehead atoms. The molecule has 2 unspecified atom stereocenters. The van der Waals surface area contributed by atoms with E-state index >= 15 is 0 Å². The van der Waals surface area contributed by atoms with Crippen molar-refractivity contribution in [3.8, 4) is 0 Å². The number of nitrogens with two attached hydrogens (primary N) is 1. The van der Waals surface area contributed by atoms with Gasteiger partial charge in [0.25, 0.3) is 0 Å². The van der Waals surface area contributed by atoms with Crippen LogP contribution in [0.2, 0.25) is 0 Å². The first-order chi connectivity index (χ1) is 7.27. The molecule has 4 heteroatoms. The number of rotatable bonds is 6. The zero-order valence-electron chi connectivity index (χ0n) is 11.1. The summed E-state index contributed by atoms with van der Waals surface area (Å²) < 4.78 is 10.3. The van der Waals surface area contributed by atoms with Crippen LogP contribution in [-0.4, -0.2) is 31.3 Å².